The van der Waals surface area contributed by atoms with Crippen molar-refractivity contribution in [3.05, 3.63) is 0 Å². The van der Waals surface area contributed by atoms with E-state index in [0.29, 0.717) is 0 Å². The summed E-state index contributed by atoms with van der Waals surface area (Å²) < 4.78 is 5.84. The van der Waals surface area contributed by atoms with Gasteiger partial charge in [-0.1, -0.05) is 0 Å². The number of hydrogen-bond donors (Lipinski definition) is 1. The lowest BCUT2D eigenvalue weighted by molar-refractivity contribution is -0.0426. The van der Waals surface area contributed by atoms with Gasteiger partial charge in [0.2, 0.25) is 0 Å². The van der Waals surface area contributed by atoms with E-state index in [2.05, 4.69) is 12.2 Å². The third-order valence-electron chi connectivity index (χ3n) is 2.35. The second kappa shape index (κ2) is 6.93. The van der Waals surface area contributed by atoms with Gasteiger partial charge in [0.25, 0.3) is 0 Å². The van der Waals surface area contributed by atoms with Crippen molar-refractivity contribution < 1.29 is 4.74 Å². The van der Waals surface area contributed by atoms with E-state index in [1.165, 1.54) is 24.3 Å². The second-order valence-corrected chi connectivity index (χ2v) is 4.48. The first kappa shape index (κ1) is 13.6. The molecule has 0 aromatic rings. The molecule has 0 radical (unpaired) electrons. The van der Waals surface area contributed by atoms with E-state index in [9.17, 15) is 0 Å². The highest BCUT2D eigenvalue weighted by atomic mass is 35.5. The van der Waals surface area contributed by atoms with Crippen molar-refractivity contribution in [2.24, 2.45) is 0 Å². The number of rotatable bonds is 4. The van der Waals surface area contributed by atoms with E-state index in [0.717, 1.165) is 13.2 Å². The van der Waals surface area contributed by atoms with Crippen LogP contribution in [0.1, 0.15) is 19.8 Å². The molecule has 1 heterocycles. The molecular formula is C9H20ClNOS. The third-order valence-corrected chi connectivity index (χ3v) is 3.34. The van der Waals surface area contributed by atoms with Crippen LogP contribution >= 0.6 is 24.2 Å². The highest BCUT2D eigenvalue weighted by Gasteiger charge is 2.31. The lowest BCUT2D eigenvalue weighted by Crippen LogP contribution is -2.45. The van der Waals surface area contributed by atoms with Gasteiger partial charge in [0.05, 0.1) is 5.60 Å². The number of hydrogen-bond acceptors (Lipinski definition) is 3. The molecule has 1 aliphatic heterocycles. The van der Waals surface area contributed by atoms with Crippen LogP contribution in [0.5, 0.6) is 0 Å². The molecular weight excluding hydrogens is 206 g/mol. The van der Waals surface area contributed by atoms with Crippen molar-refractivity contribution in [1.82, 2.24) is 5.32 Å². The maximum Gasteiger partial charge on any atom is 0.0821 e. The predicted octanol–water partition coefficient (Wildman–Crippen LogP) is 1.93. The van der Waals surface area contributed by atoms with Crippen LogP contribution in [0.15, 0.2) is 0 Å². The Labute approximate surface area is 91.6 Å². The fraction of sp³-hybridized carbons (Fsp3) is 1.00. The van der Waals surface area contributed by atoms with Crippen molar-refractivity contribution in [1.29, 1.82) is 0 Å². The Kier molecular flexibility index (Phi) is 7.23. The van der Waals surface area contributed by atoms with Gasteiger partial charge in [-0.05, 0) is 38.3 Å². The summed E-state index contributed by atoms with van der Waals surface area (Å²) in [6.07, 6.45) is 2.40. The highest BCUT2D eigenvalue weighted by Crippen LogP contribution is 2.29. The third kappa shape index (κ3) is 4.07. The summed E-state index contributed by atoms with van der Waals surface area (Å²) >= 11 is 2.04. The Hall–Kier alpha value is 0.560. The minimum absolute atomic E-state index is 0. The molecule has 1 saturated heterocycles. The van der Waals surface area contributed by atoms with Gasteiger partial charge in [0.15, 0.2) is 0 Å². The van der Waals surface area contributed by atoms with Crippen LogP contribution in [-0.4, -0.2) is 37.3 Å². The summed E-state index contributed by atoms with van der Waals surface area (Å²) in [7, 11) is 2.00. The number of halogens is 1. The largest absolute Gasteiger partial charge is 0.374 e. The van der Waals surface area contributed by atoms with Crippen LogP contribution < -0.4 is 5.32 Å². The quantitative estimate of drug-likeness (QED) is 0.790. The van der Waals surface area contributed by atoms with Gasteiger partial charge in [0.1, 0.15) is 0 Å². The molecule has 0 atom stereocenters. The summed E-state index contributed by atoms with van der Waals surface area (Å²) in [4.78, 5) is 0. The zero-order valence-corrected chi connectivity index (χ0v) is 10.1. The minimum atomic E-state index is 0. The van der Waals surface area contributed by atoms with Crippen LogP contribution in [0.3, 0.4) is 0 Å². The topological polar surface area (TPSA) is 21.3 Å². The first-order valence-corrected chi connectivity index (χ1v) is 5.85. The molecule has 0 amide bonds. The zero-order chi connectivity index (χ0) is 8.86. The molecule has 13 heavy (non-hydrogen) atoms. The van der Waals surface area contributed by atoms with Crippen molar-refractivity contribution >= 4 is 24.2 Å². The second-order valence-electron chi connectivity index (χ2n) is 3.26. The molecule has 1 N–H and O–H groups in total. The predicted molar refractivity (Wildman–Crippen MR) is 62.1 cm³/mol. The lowest BCUT2D eigenvalue weighted by atomic mass is 9.96. The van der Waals surface area contributed by atoms with Crippen LogP contribution in [-0.2, 0) is 4.74 Å². The van der Waals surface area contributed by atoms with Crippen molar-refractivity contribution in [3.63, 3.8) is 0 Å². The molecule has 0 unspecified atom stereocenters. The highest BCUT2D eigenvalue weighted by molar-refractivity contribution is 7.99. The summed E-state index contributed by atoms with van der Waals surface area (Å²) in [5.74, 6) is 2.50. The first-order valence-electron chi connectivity index (χ1n) is 4.69. The Balaban J connectivity index is 0.00000144. The van der Waals surface area contributed by atoms with Crippen LogP contribution in [0.25, 0.3) is 0 Å². The Morgan fingerprint density at radius 2 is 2.00 bits per heavy atom. The Bertz CT molecular complexity index is 113. The molecule has 1 rings (SSSR count). The molecule has 0 aromatic carbocycles. The molecule has 80 valence electrons. The van der Waals surface area contributed by atoms with Gasteiger partial charge in [0, 0.05) is 13.2 Å². The van der Waals surface area contributed by atoms with Gasteiger partial charge in [-0.3, -0.25) is 0 Å². The fourth-order valence-corrected chi connectivity index (χ4v) is 2.98. The van der Waals surface area contributed by atoms with Gasteiger partial charge < -0.3 is 10.1 Å². The van der Waals surface area contributed by atoms with Crippen LogP contribution in [0.2, 0.25) is 0 Å². The maximum absolute atomic E-state index is 5.84. The Morgan fingerprint density at radius 1 is 1.38 bits per heavy atom. The summed E-state index contributed by atoms with van der Waals surface area (Å²) in [5.41, 5.74) is 0.148. The summed E-state index contributed by atoms with van der Waals surface area (Å²) in [5, 5.41) is 3.23. The number of thioether (sulfide) groups is 1. The molecule has 2 nitrogen and oxygen atoms in total. The number of nitrogens with one attached hydrogen (secondary N) is 1. The fourth-order valence-electron chi connectivity index (χ4n) is 1.74. The molecule has 0 spiro atoms. The molecule has 1 fully saturated rings. The first-order chi connectivity index (χ1) is 5.83. The Morgan fingerprint density at radius 3 is 2.46 bits per heavy atom. The maximum atomic E-state index is 5.84. The van der Waals surface area contributed by atoms with Gasteiger partial charge >= 0.3 is 0 Å². The van der Waals surface area contributed by atoms with Crippen LogP contribution in [0.4, 0.5) is 0 Å². The van der Waals surface area contributed by atoms with Crippen molar-refractivity contribution in [3.8, 4) is 0 Å². The molecule has 0 saturated carbocycles. The molecule has 0 aromatic heterocycles. The van der Waals surface area contributed by atoms with E-state index < -0.39 is 0 Å². The van der Waals surface area contributed by atoms with Gasteiger partial charge in [-0.2, -0.15) is 11.8 Å². The van der Waals surface area contributed by atoms with E-state index in [4.69, 9.17) is 4.74 Å². The lowest BCUT2D eigenvalue weighted by Gasteiger charge is -2.36. The van der Waals surface area contributed by atoms with Crippen LogP contribution in [0, 0.1) is 0 Å². The van der Waals surface area contributed by atoms with Crippen molar-refractivity contribution in [2.75, 3.05) is 31.7 Å². The minimum Gasteiger partial charge on any atom is -0.374 e. The number of ether oxygens (including phenoxy) is 1. The molecule has 4 heteroatoms. The average molecular weight is 226 g/mol. The van der Waals surface area contributed by atoms with Gasteiger partial charge in [-0.15, -0.1) is 12.4 Å². The number of likely N-dealkylation sites (N-methyl/N-ethyl adjacent to an activating group) is 1. The monoisotopic (exact) mass is 225 g/mol. The van der Waals surface area contributed by atoms with E-state index in [1.807, 2.05) is 18.8 Å². The SMILES string of the molecule is CCOC1(CNC)CCSCC1.Cl. The molecule has 0 bridgehead atoms. The van der Waals surface area contributed by atoms with E-state index in [1.54, 1.807) is 0 Å². The van der Waals surface area contributed by atoms with E-state index >= 15 is 0 Å². The summed E-state index contributed by atoms with van der Waals surface area (Å²) in [6, 6.07) is 0. The smallest absolute Gasteiger partial charge is 0.0821 e. The van der Waals surface area contributed by atoms with E-state index in [-0.39, 0.29) is 18.0 Å². The summed E-state index contributed by atoms with van der Waals surface area (Å²) in [6.45, 7) is 3.92. The standard InChI is InChI=1S/C9H19NOS.ClH/c1-3-11-9(8-10-2)4-6-12-7-5-9;/h10H,3-8H2,1-2H3;1H. The zero-order valence-electron chi connectivity index (χ0n) is 8.47. The van der Waals surface area contributed by atoms with Crippen molar-refractivity contribution in [2.45, 2.75) is 25.4 Å². The molecule has 1 aliphatic rings. The normalized spacial score (nSPS) is 20.8. The van der Waals surface area contributed by atoms with Gasteiger partial charge in [-0.25, -0.2) is 0 Å². The molecule has 0 aliphatic carbocycles. The average Bonchev–Trinajstić information content (AvgIpc) is 2.07.